The van der Waals surface area contributed by atoms with Gasteiger partial charge in [0.05, 0.1) is 10.6 Å². The van der Waals surface area contributed by atoms with Gasteiger partial charge in [-0.05, 0) is 39.2 Å². The van der Waals surface area contributed by atoms with E-state index in [0.29, 0.717) is 23.7 Å². The second-order valence-electron chi connectivity index (χ2n) is 4.68. The maximum absolute atomic E-state index is 11.0. The molecule has 1 rings (SSSR count). The zero-order chi connectivity index (χ0) is 14.4. The summed E-state index contributed by atoms with van der Waals surface area (Å²) in [5, 5.41) is 14.4. The van der Waals surface area contributed by atoms with Crippen molar-refractivity contribution < 1.29 is 4.92 Å². The Labute approximate surface area is 118 Å². The predicted molar refractivity (Wildman–Crippen MR) is 79.7 cm³/mol. The number of nitro groups is 1. The number of nitrogens with zero attached hydrogens (tertiary/aromatic N) is 2. The summed E-state index contributed by atoms with van der Waals surface area (Å²) in [6.07, 6.45) is 4.74. The minimum Gasteiger partial charge on any atom is -0.309 e. The van der Waals surface area contributed by atoms with Gasteiger partial charge in [0.25, 0.3) is 5.69 Å². The summed E-state index contributed by atoms with van der Waals surface area (Å²) in [7, 11) is 0. The molecule has 0 aliphatic carbocycles. The fourth-order valence-corrected chi connectivity index (χ4v) is 2.48. The first-order chi connectivity index (χ1) is 8.97. The summed E-state index contributed by atoms with van der Waals surface area (Å²) >= 11 is 1.82. The zero-order valence-electron chi connectivity index (χ0n) is 11.9. The van der Waals surface area contributed by atoms with E-state index in [1.54, 1.807) is 20.0 Å². The van der Waals surface area contributed by atoms with Crippen LogP contribution in [0.15, 0.2) is 6.20 Å². The number of thioether (sulfide) groups is 1. The fourth-order valence-electron chi connectivity index (χ4n) is 1.89. The molecule has 1 atom stereocenters. The molecule has 0 spiro atoms. The van der Waals surface area contributed by atoms with Crippen LogP contribution < -0.4 is 5.32 Å². The van der Waals surface area contributed by atoms with Crippen molar-refractivity contribution >= 4 is 17.4 Å². The normalized spacial score (nSPS) is 12.4. The van der Waals surface area contributed by atoms with Crippen LogP contribution in [-0.2, 0) is 6.54 Å². The van der Waals surface area contributed by atoms with Crippen LogP contribution >= 0.6 is 11.8 Å². The van der Waals surface area contributed by atoms with Gasteiger partial charge in [0.2, 0.25) is 0 Å². The third-order valence-corrected chi connectivity index (χ3v) is 3.78. The molecule has 1 aromatic rings. The lowest BCUT2D eigenvalue weighted by molar-refractivity contribution is -0.386. The average Bonchev–Trinajstić information content (AvgIpc) is 2.35. The van der Waals surface area contributed by atoms with Crippen LogP contribution in [0.3, 0.4) is 0 Å². The number of pyridine rings is 1. The van der Waals surface area contributed by atoms with E-state index in [-0.39, 0.29) is 10.6 Å². The Morgan fingerprint density at radius 1 is 1.53 bits per heavy atom. The van der Waals surface area contributed by atoms with E-state index in [9.17, 15) is 10.1 Å². The highest BCUT2D eigenvalue weighted by molar-refractivity contribution is 7.98. The van der Waals surface area contributed by atoms with Gasteiger partial charge in [-0.15, -0.1) is 0 Å². The molecule has 1 N–H and O–H groups in total. The average molecular weight is 283 g/mol. The highest BCUT2D eigenvalue weighted by Gasteiger charge is 2.18. The second-order valence-corrected chi connectivity index (χ2v) is 5.67. The molecule has 0 fully saturated rings. The highest BCUT2D eigenvalue weighted by atomic mass is 32.2. The summed E-state index contributed by atoms with van der Waals surface area (Å²) < 4.78 is 0. The topological polar surface area (TPSA) is 68.1 Å². The molecule has 106 valence electrons. The van der Waals surface area contributed by atoms with E-state index in [1.807, 2.05) is 11.8 Å². The molecule has 0 amide bonds. The second kappa shape index (κ2) is 7.45. The molecule has 0 aliphatic rings. The van der Waals surface area contributed by atoms with Crippen molar-refractivity contribution in [1.29, 1.82) is 0 Å². The van der Waals surface area contributed by atoms with Crippen molar-refractivity contribution in [1.82, 2.24) is 10.3 Å². The largest absolute Gasteiger partial charge is 0.309 e. The predicted octanol–water partition coefficient (Wildman–Crippen LogP) is 2.84. The van der Waals surface area contributed by atoms with Crippen molar-refractivity contribution in [2.45, 2.75) is 39.8 Å². The quantitative estimate of drug-likeness (QED) is 0.615. The van der Waals surface area contributed by atoms with E-state index in [4.69, 9.17) is 0 Å². The molecular weight excluding hydrogens is 262 g/mol. The third kappa shape index (κ3) is 4.47. The Kier molecular flexibility index (Phi) is 6.24. The Morgan fingerprint density at radius 2 is 2.21 bits per heavy atom. The third-order valence-electron chi connectivity index (χ3n) is 3.13. The van der Waals surface area contributed by atoms with Gasteiger partial charge in [-0.25, -0.2) is 0 Å². The van der Waals surface area contributed by atoms with Gasteiger partial charge < -0.3 is 5.32 Å². The van der Waals surface area contributed by atoms with Crippen LogP contribution in [0.4, 0.5) is 5.69 Å². The van der Waals surface area contributed by atoms with Crippen LogP contribution in [0.25, 0.3) is 0 Å². The van der Waals surface area contributed by atoms with Gasteiger partial charge in [-0.3, -0.25) is 15.1 Å². The standard InChI is InChI=1S/C13H21N3O2S/c1-9-7-15-12(11(3)13(9)16(17)18)8-14-10(2)5-6-19-4/h7,10,14H,5-6,8H2,1-4H3. The van der Waals surface area contributed by atoms with Crippen LogP contribution in [0.5, 0.6) is 0 Å². The number of hydrogen-bond acceptors (Lipinski definition) is 5. The molecule has 0 saturated heterocycles. The van der Waals surface area contributed by atoms with Gasteiger partial charge in [0.1, 0.15) is 0 Å². The molecule has 0 bridgehead atoms. The summed E-state index contributed by atoms with van der Waals surface area (Å²) in [5.41, 5.74) is 2.22. The molecule has 0 saturated carbocycles. The van der Waals surface area contributed by atoms with Crippen molar-refractivity contribution in [3.63, 3.8) is 0 Å². The molecule has 0 aliphatic heterocycles. The Hall–Kier alpha value is -1.14. The SMILES string of the molecule is CSCCC(C)NCc1ncc(C)c([N+](=O)[O-])c1C. The molecule has 1 heterocycles. The molecular formula is C13H21N3O2S. The number of aromatic nitrogens is 1. The number of nitrogens with one attached hydrogen (secondary N) is 1. The molecule has 5 nitrogen and oxygen atoms in total. The molecule has 0 aromatic carbocycles. The molecule has 6 heteroatoms. The van der Waals surface area contributed by atoms with E-state index >= 15 is 0 Å². The Balaban J connectivity index is 2.74. The first kappa shape index (κ1) is 15.9. The number of hydrogen-bond donors (Lipinski definition) is 1. The van der Waals surface area contributed by atoms with Crippen LogP contribution in [0.1, 0.15) is 30.2 Å². The zero-order valence-corrected chi connectivity index (χ0v) is 12.7. The lowest BCUT2D eigenvalue weighted by atomic mass is 10.1. The minimum absolute atomic E-state index is 0.184. The van der Waals surface area contributed by atoms with E-state index < -0.39 is 0 Å². The number of aryl methyl sites for hydroxylation is 1. The van der Waals surface area contributed by atoms with Crippen molar-refractivity contribution in [2.75, 3.05) is 12.0 Å². The smallest absolute Gasteiger partial charge is 0.278 e. The summed E-state index contributed by atoms with van der Waals surface area (Å²) in [5.74, 6) is 1.11. The minimum atomic E-state index is -0.326. The van der Waals surface area contributed by atoms with Crippen LogP contribution in [-0.4, -0.2) is 28.0 Å². The maximum atomic E-state index is 11.0. The lowest BCUT2D eigenvalue weighted by Gasteiger charge is -2.14. The van der Waals surface area contributed by atoms with E-state index in [0.717, 1.165) is 17.9 Å². The molecule has 1 unspecified atom stereocenters. The fraction of sp³-hybridized carbons (Fsp3) is 0.615. The van der Waals surface area contributed by atoms with Crippen LogP contribution in [0.2, 0.25) is 0 Å². The molecule has 19 heavy (non-hydrogen) atoms. The van der Waals surface area contributed by atoms with E-state index in [1.165, 1.54) is 0 Å². The monoisotopic (exact) mass is 283 g/mol. The van der Waals surface area contributed by atoms with Gasteiger partial charge in [-0.2, -0.15) is 11.8 Å². The maximum Gasteiger partial charge on any atom is 0.278 e. The van der Waals surface area contributed by atoms with Gasteiger partial charge >= 0.3 is 0 Å². The molecule has 1 aromatic heterocycles. The Morgan fingerprint density at radius 3 is 2.79 bits per heavy atom. The highest BCUT2D eigenvalue weighted by Crippen LogP contribution is 2.23. The van der Waals surface area contributed by atoms with Crippen molar-refractivity contribution in [3.05, 3.63) is 33.1 Å². The van der Waals surface area contributed by atoms with Gasteiger partial charge in [-0.1, -0.05) is 0 Å². The van der Waals surface area contributed by atoms with E-state index in [2.05, 4.69) is 23.5 Å². The first-order valence-corrected chi connectivity index (χ1v) is 7.68. The van der Waals surface area contributed by atoms with Crippen molar-refractivity contribution in [3.8, 4) is 0 Å². The lowest BCUT2D eigenvalue weighted by Crippen LogP contribution is -2.27. The Bertz CT molecular complexity index is 452. The van der Waals surface area contributed by atoms with Gasteiger partial charge in [0, 0.05) is 29.9 Å². The molecule has 0 radical (unpaired) electrons. The summed E-state index contributed by atoms with van der Waals surface area (Å²) in [6, 6.07) is 0.383. The summed E-state index contributed by atoms with van der Waals surface area (Å²) in [6.45, 7) is 6.18. The van der Waals surface area contributed by atoms with Gasteiger partial charge in [0.15, 0.2) is 0 Å². The number of rotatable bonds is 7. The van der Waals surface area contributed by atoms with Crippen molar-refractivity contribution in [2.24, 2.45) is 0 Å². The van der Waals surface area contributed by atoms with Crippen LogP contribution in [0, 0.1) is 24.0 Å². The summed E-state index contributed by atoms with van der Waals surface area (Å²) in [4.78, 5) is 15.0. The first-order valence-electron chi connectivity index (χ1n) is 6.29.